The number of ketones is 2. The third kappa shape index (κ3) is 5.60. The molecule has 4 unspecified atom stereocenters. The Hall–Kier alpha value is -5.20. The Balaban J connectivity index is 1.59. The summed E-state index contributed by atoms with van der Waals surface area (Å²) in [5.74, 6) is -7.95. The topological polar surface area (TPSA) is 247 Å². The lowest BCUT2D eigenvalue weighted by atomic mass is 9.88. The molecule has 17 heteroatoms. The van der Waals surface area contributed by atoms with Gasteiger partial charge >= 0.3 is 11.6 Å². The molecule has 1 fully saturated rings. The monoisotopic (exact) mass is 686 g/mol. The van der Waals surface area contributed by atoms with E-state index < -0.39 is 129 Å². The third-order valence-electron chi connectivity index (χ3n) is 8.40. The van der Waals surface area contributed by atoms with E-state index in [0.29, 0.717) is 0 Å². The number of phenols is 3. The van der Waals surface area contributed by atoms with Gasteiger partial charge in [0, 0.05) is 31.6 Å². The average Bonchev–Trinajstić information content (AvgIpc) is 3.11. The first-order valence-corrected chi connectivity index (χ1v) is 14.7. The second kappa shape index (κ2) is 12.7. The number of phenolic OH excluding ortho intramolecular Hbond substituents is 3. The molecule has 3 aliphatic rings. The first-order valence-electron chi connectivity index (χ1n) is 14.7. The molecule has 1 saturated heterocycles. The Kier molecular flexibility index (Phi) is 8.72. The number of Topliss-reactive ketones (excluding diaryl/α,β-unsaturated/α-hetero) is 1. The van der Waals surface area contributed by atoms with Crippen molar-refractivity contribution in [1.29, 1.82) is 0 Å². The summed E-state index contributed by atoms with van der Waals surface area (Å²) < 4.78 is 43.7. The molecular weight excluding hydrogens is 656 g/mol. The van der Waals surface area contributed by atoms with Crippen molar-refractivity contribution in [2.24, 2.45) is 0 Å². The SMILES string of the molecule is COC(=O)c1cc2cc3c(c(O)c2c(=O)o1)O[C@H](OC1CC(OC)C(O)C(C)O1)c1c(O)c2c(c(O)c1O[C@H](O)C3)C(=O)C(OC)=CC2=O. The molecule has 0 radical (unpaired) electrons. The van der Waals surface area contributed by atoms with Gasteiger partial charge in [-0.15, -0.1) is 0 Å². The Morgan fingerprint density at radius 3 is 2.35 bits per heavy atom. The van der Waals surface area contributed by atoms with E-state index in [4.69, 9.17) is 32.8 Å². The zero-order chi connectivity index (χ0) is 35.5. The lowest BCUT2D eigenvalue weighted by molar-refractivity contribution is -0.288. The number of carbonyl (C=O) groups excluding carboxylic acids is 3. The molecule has 0 spiro atoms. The Morgan fingerprint density at radius 1 is 0.939 bits per heavy atom. The Bertz CT molecular complexity index is 1980. The van der Waals surface area contributed by atoms with Crippen molar-refractivity contribution in [3.8, 4) is 28.7 Å². The van der Waals surface area contributed by atoms with E-state index in [1.165, 1.54) is 20.1 Å². The largest absolute Gasteiger partial charge is 0.506 e. The highest BCUT2D eigenvalue weighted by Crippen LogP contribution is 2.52. The molecular formula is C32H30O17. The van der Waals surface area contributed by atoms with Gasteiger partial charge in [-0.2, -0.15) is 0 Å². The number of methoxy groups -OCH3 is 3. The van der Waals surface area contributed by atoms with E-state index in [1.54, 1.807) is 0 Å². The number of esters is 1. The van der Waals surface area contributed by atoms with E-state index in [-0.39, 0.29) is 17.4 Å². The van der Waals surface area contributed by atoms with Gasteiger partial charge < -0.3 is 63.1 Å². The normalized spacial score (nSPS) is 25.0. The highest BCUT2D eigenvalue weighted by molar-refractivity contribution is 6.26. The molecule has 0 amide bonds. The summed E-state index contributed by atoms with van der Waals surface area (Å²) in [7, 11) is 3.53. The molecule has 3 aromatic rings. The molecule has 1 aromatic heterocycles. The molecule has 2 aromatic carbocycles. The number of hydrogen-bond acceptors (Lipinski definition) is 17. The van der Waals surface area contributed by atoms with Crippen LogP contribution in [0.25, 0.3) is 10.8 Å². The molecule has 3 heterocycles. The van der Waals surface area contributed by atoms with E-state index in [9.17, 15) is 44.7 Å². The summed E-state index contributed by atoms with van der Waals surface area (Å²) >= 11 is 0. The van der Waals surface area contributed by atoms with Gasteiger partial charge in [-0.3, -0.25) is 9.59 Å². The average molecular weight is 687 g/mol. The van der Waals surface area contributed by atoms with Crippen LogP contribution in [-0.2, 0) is 30.1 Å². The molecule has 1 aliphatic carbocycles. The van der Waals surface area contributed by atoms with Gasteiger partial charge in [0.15, 0.2) is 40.8 Å². The Labute approximate surface area is 275 Å². The van der Waals surface area contributed by atoms with Crippen LogP contribution >= 0.6 is 0 Å². The minimum Gasteiger partial charge on any atom is -0.506 e. The number of benzene rings is 2. The molecule has 2 aliphatic heterocycles. The summed E-state index contributed by atoms with van der Waals surface area (Å²) in [5, 5.41) is 55.6. The summed E-state index contributed by atoms with van der Waals surface area (Å²) in [5.41, 5.74) is -3.21. The zero-order valence-electron chi connectivity index (χ0n) is 26.2. The number of aromatic hydroxyl groups is 3. The van der Waals surface area contributed by atoms with Crippen molar-refractivity contribution in [1.82, 2.24) is 0 Å². The molecule has 5 N–H and O–H groups in total. The lowest BCUT2D eigenvalue weighted by Crippen LogP contribution is -2.48. The molecule has 6 atom stereocenters. The number of allylic oxidation sites excluding steroid dienone is 2. The highest BCUT2D eigenvalue weighted by atomic mass is 16.8. The maximum atomic E-state index is 13.2. The first kappa shape index (κ1) is 33.7. The second-order valence-electron chi connectivity index (χ2n) is 11.3. The van der Waals surface area contributed by atoms with Gasteiger partial charge in [-0.05, 0) is 24.4 Å². The molecule has 49 heavy (non-hydrogen) atoms. The third-order valence-corrected chi connectivity index (χ3v) is 8.40. The smallest absolute Gasteiger partial charge is 0.374 e. The van der Waals surface area contributed by atoms with Crippen LogP contribution in [0.5, 0.6) is 28.7 Å². The highest BCUT2D eigenvalue weighted by Gasteiger charge is 2.44. The minimum absolute atomic E-state index is 0.0326. The van der Waals surface area contributed by atoms with Crippen LogP contribution in [0.4, 0.5) is 0 Å². The van der Waals surface area contributed by atoms with Crippen molar-refractivity contribution >= 4 is 28.3 Å². The van der Waals surface area contributed by atoms with Gasteiger partial charge in [0.05, 0.1) is 37.6 Å². The van der Waals surface area contributed by atoms with Crippen LogP contribution in [0.3, 0.4) is 0 Å². The standard InChI is InChI=1S/C32H30O17/c1-10-23(35)15(43-3)9-18(45-10)48-32-22-25(37)20-13(33)8-14(42-2)24(36)21(20)27(39)29(22)47-17(34)7-12-5-11-6-16(30(40)44-4)46-31(41)19(11)26(38)28(12)49-32/h5-6,8,10,15,17-18,23,32,34-35,37-39H,7,9H2,1-4H3/t10?,15?,17-,18?,23?,32-/m0/s1. The summed E-state index contributed by atoms with van der Waals surface area (Å²) in [6, 6.07) is 2.39. The van der Waals surface area contributed by atoms with Gasteiger partial charge in [0.2, 0.25) is 24.1 Å². The van der Waals surface area contributed by atoms with Crippen molar-refractivity contribution in [3.05, 3.63) is 62.4 Å². The number of ether oxygens (including phenoxy) is 7. The van der Waals surface area contributed by atoms with E-state index in [2.05, 4.69) is 4.74 Å². The van der Waals surface area contributed by atoms with Crippen LogP contribution in [0, 0.1) is 0 Å². The summed E-state index contributed by atoms with van der Waals surface area (Å²) in [6.45, 7) is 1.53. The first-order chi connectivity index (χ1) is 23.3. The van der Waals surface area contributed by atoms with Crippen molar-refractivity contribution in [2.75, 3.05) is 21.3 Å². The fourth-order valence-electron chi connectivity index (χ4n) is 6.01. The van der Waals surface area contributed by atoms with E-state index in [1.807, 2.05) is 0 Å². The minimum atomic E-state index is -2.00. The number of hydrogen-bond donors (Lipinski definition) is 5. The fourth-order valence-corrected chi connectivity index (χ4v) is 6.01. The van der Waals surface area contributed by atoms with Gasteiger partial charge in [0.1, 0.15) is 22.8 Å². The summed E-state index contributed by atoms with van der Waals surface area (Å²) in [4.78, 5) is 51.6. The molecule has 17 nitrogen and oxygen atoms in total. The summed E-state index contributed by atoms with van der Waals surface area (Å²) in [6.07, 6.45) is -7.80. The van der Waals surface area contributed by atoms with Gasteiger partial charge in [0.25, 0.3) is 0 Å². The predicted octanol–water partition coefficient (Wildman–Crippen LogP) is 1.46. The van der Waals surface area contributed by atoms with Crippen molar-refractivity contribution in [3.63, 3.8) is 0 Å². The zero-order valence-corrected chi connectivity index (χ0v) is 26.2. The Morgan fingerprint density at radius 2 is 1.67 bits per heavy atom. The lowest BCUT2D eigenvalue weighted by Gasteiger charge is -2.38. The fraction of sp³-hybridized carbons (Fsp3) is 0.375. The number of carbonyl (C=O) groups is 3. The number of aliphatic hydroxyl groups is 2. The molecule has 0 saturated carbocycles. The van der Waals surface area contributed by atoms with Crippen molar-refractivity contribution in [2.45, 2.75) is 56.9 Å². The number of fused-ring (bicyclic) bond motifs is 4. The maximum Gasteiger partial charge on any atom is 0.374 e. The molecule has 6 rings (SSSR count). The molecule has 0 bridgehead atoms. The van der Waals surface area contributed by atoms with Gasteiger partial charge in [-0.1, -0.05) is 0 Å². The van der Waals surface area contributed by atoms with Crippen molar-refractivity contribution < 1.29 is 77.5 Å². The molecule has 260 valence electrons. The van der Waals surface area contributed by atoms with Crippen LogP contribution in [-0.4, -0.2) is 95.3 Å². The maximum absolute atomic E-state index is 13.2. The van der Waals surface area contributed by atoms with Crippen LogP contribution in [0.1, 0.15) is 62.0 Å². The van der Waals surface area contributed by atoms with Crippen LogP contribution < -0.4 is 15.1 Å². The van der Waals surface area contributed by atoms with Crippen LogP contribution in [0.15, 0.2) is 33.2 Å². The van der Waals surface area contributed by atoms with Gasteiger partial charge in [-0.25, -0.2) is 9.59 Å². The van der Waals surface area contributed by atoms with Crippen LogP contribution in [0.2, 0.25) is 0 Å². The predicted molar refractivity (Wildman–Crippen MR) is 160 cm³/mol. The van der Waals surface area contributed by atoms with E-state index in [0.717, 1.165) is 26.4 Å². The second-order valence-corrected chi connectivity index (χ2v) is 11.3. The number of aliphatic hydroxyl groups excluding tert-OH is 2. The van der Waals surface area contributed by atoms with E-state index >= 15 is 0 Å². The number of rotatable bonds is 5. The quantitative estimate of drug-likeness (QED) is 0.188.